The van der Waals surface area contributed by atoms with Gasteiger partial charge in [-0.05, 0) is 75.1 Å². The lowest BCUT2D eigenvalue weighted by molar-refractivity contribution is -0.122. The van der Waals surface area contributed by atoms with Crippen LogP contribution < -0.4 is 14.8 Å². The number of anilines is 2. The van der Waals surface area contributed by atoms with E-state index in [1.807, 2.05) is 100 Å². The highest BCUT2D eigenvalue weighted by atomic mass is 16.5. The summed E-state index contributed by atoms with van der Waals surface area (Å²) in [4.78, 5) is 28.5. The summed E-state index contributed by atoms with van der Waals surface area (Å²) in [6, 6.07) is 23.4. The molecule has 0 radical (unpaired) electrons. The lowest BCUT2D eigenvalue weighted by Crippen LogP contribution is -2.40. The van der Waals surface area contributed by atoms with E-state index in [0.717, 1.165) is 51.7 Å². The quantitative estimate of drug-likeness (QED) is 0.272. The van der Waals surface area contributed by atoms with Gasteiger partial charge in [-0.2, -0.15) is 10.2 Å². The molecular weight excluding hydrogens is 512 g/mol. The minimum Gasteiger partial charge on any atom is -0.494 e. The van der Waals surface area contributed by atoms with Gasteiger partial charge in [-0.25, -0.2) is 10.0 Å². The monoisotopic (exact) mass is 550 g/mol. The number of carbonyl (C=O) groups is 2. The van der Waals surface area contributed by atoms with Crippen LogP contribution in [0.25, 0.3) is 0 Å². The first-order valence-electron chi connectivity index (χ1n) is 14.5. The molecule has 2 unspecified atom stereocenters. The van der Waals surface area contributed by atoms with Gasteiger partial charge in [0.2, 0.25) is 0 Å². The molecule has 0 aromatic heterocycles. The van der Waals surface area contributed by atoms with Crippen molar-refractivity contribution in [1.29, 1.82) is 0 Å². The summed E-state index contributed by atoms with van der Waals surface area (Å²) in [6.07, 6.45) is 2.09. The number of nitrogens with zero attached hydrogens (tertiary/aromatic N) is 4. The van der Waals surface area contributed by atoms with E-state index in [-0.39, 0.29) is 11.8 Å². The zero-order valence-corrected chi connectivity index (χ0v) is 24.5. The largest absolute Gasteiger partial charge is 0.494 e. The van der Waals surface area contributed by atoms with Gasteiger partial charge in [-0.3, -0.25) is 9.59 Å². The standard InChI is InChI=1S/C34H38N4O3/c1-6-21-41-27-19-13-24(14-20-27)30(31-28(7-2)35-37(33(31)39)25-15-9-22(4)10-16-25)32-29(8-3)36-38(34(32)40)26-17-11-23(5)12-18-26/h9-20,30-32H,6-8,21H2,1-5H3. The number of carbonyl (C=O) groups excluding carboxylic acids is 2. The number of rotatable bonds is 10. The van der Waals surface area contributed by atoms with Crippen LogP contribution in [0.2, 0.25) is 0 Å². The second-order valence-electron chi connectivity index (χ2n) is 10.8. The predicted octanol–water partition coefficient (Wildman–Crippen LogP) is 7.03. The number of hydrogen-bond donors (Lipinski definition) is 0. The third kappa shape index (κ3) is 5.53. The average molecular weight is 551 g/mol. The molecule has 212 valence electrons. The first-order valence-corrected chi connectivity index (χ1v) is 14.5. The summed E-state index contributed by atoms with van der Waals surface area (Å²) in [6.45, 7) is 10.8. The van der Waals surface area contributed by atoms with E-state index in [0.29, 0.717) is 19.4 Å². The van der Waals surface area contributed by atoms with Gasteiger partial charge in [0.25, 0.3) is 11.8 Å². The molecule has 41 heavy (non-hydrogen) atoms. The molecule has 2 amide bonds. The average Bonchev–Trinajstić information content (AvgIpc) is 3.50. The fourth-order valence-corrected chi connectivity index (χ4v) is 5.66. The molecule has 3 aromatic rings. The van der Waals surface area contributed by atoms with Crippen molar-refractivity contribution >= 4 is 34.6 Å². The Hall–Kier alpha value is -4.26. The van der Waals surface area contributed by atoms with E-state index in [2.05, 4.69) is 6.92 Å². The Morgan fingerprint density at radius 1 is 0.683 bits per heavy atom. The van der Waals surface area contributed by atoms with Gasteiger partial charge in [0.1, 0.15) is 5.75 Å². The Morgan fingerprint density at radius 2 is 1.12 bits per heavy atom. The smallest absolute Gasteiger partial charge is 0.256 e. The molecule has 0 N–H and O–H groups in total. The highest BCUT2D eigenvalue weighted by Crippen LogP contribution is 2.44. The van der Waals surface area contributed by atoms with E-state index in [1.165, 1.54) is 10.0 Å². The summed E-state index contributed by atoms with van der Waals surface area (Å²) in [5.74, 6) is -1.17. The highest BCUT2D eigenvalue weighted by Gasteiger charge is 2.51. The van der Waals surface area contributed by atoms with Crippen LogP contribution in [-0.4, -0.2) is 29.8 Å². The molecule has 2 atom stereocenters. The second kappa shape index (κ2) is 12.1. The second-order valence-corrected chi connectivity index (χ2v) is 10.8. The molecule has 0 bridgehead atoms. The third-order valence-electron chi connectivity index (χ3n) is 7.86. The topological polar surface area (TPSA) is 74.6 Å². The molecule has 2 aliphatic rings. The summed E-state index contributed by atoms with van der Waals surface area (Å²) in [7, 11) is 0. The SMILES string of the molecule is CCCOc1ccc(C(C2C(=O)N(c3ccc(C)cc3)N=C2CC)C2C(=O)N(c3ccc(C)cc3)N=C2CC)cc1. The van der Waals surface area contributed by atoms with Crippen LogP contribution in [0.5, 0.6) is 5.75 Å². The first kappa shape index (κ1) is 28.3. The summed E-state index contributed by atoms with van der Waals surface area (Å²) in [5, 5.41) is 12.7. The van der Waals surface area contributed by atoms with Gasteiger partial charge in [0.05, 0.1) is 41.2 Å². The lowest BCUT2D eigenvalue weighted by Gasteiger charge is -2.29. The van der Waals surface area contributed by atoms with Crippen molar-refractivity contribution in [2.45, 2.75) is 59.8 Å². The van der Waals surface area contributed by atoms with E-state index in [4.69, 9.17) is 14.9 Å². The predicted molar refractivity (Wildman–Crippen MR) is 165 cm³/mol. The fourth-order valence-electron chi connectivity index (χ4n) is 5.66. The summed E-state index contributed by atoms with van der Waals surface area (Å²) in [5.41, 5.74) is 6.09. The van der Waals surface area contributed by atoms with E-state index < -0.39 is 17.8 Å². The van der Waals surface area contributed by atoms with Crippen molar-refractivity contribution in [3.8, 4) is 5.75 Å². The van der Waals surface area contributed by atoms with Crippen LogP contribution in [0.4, 0.5) is 11.4 Å². The van der Waals surface area contributed by atoms with Crippen molar-refractivity contribution in [3.05, 3.63) is 89.5 Å². The number of hydrazone groups is 2. The van der Waals surface area contributed by atoms with Crippen LogP contribution in [0, 0.1) is 25.7 Å². The van der Waals surface area contributed by atoms with Gasteiger partial charge in [0.15, 0.2) is 0 Å². The van der Waals surface area contributed by atoms with E-state index >= 15 is 0 Å². The summed E-state index contributed by atoms with van der Waals surface area (Å²) >= 11 is 0. The van der Waals surface area contributed by atoms with Gasteiger partial charge >= 0.3 is 0 Å². The number of amides is 2. The van der Waals surface area contributed by atoms with Crippen molar-refractivity contribution in [1.82, 2.24) is 0 Å². The fraction of sp³-hybridized carbons (Fsp3) is 0.353. The molecule has 3 aromatic carbocycles. The molecule has 2 heterocycles. The van der Waals surface area contributed by atoms with Crippen molar-refractivity contribution < 1.29 is 14.3 Å². The maximum Gasteiger partial charge on any atom is 0.256 e. The Balaban J connectivity index is 1.59. The van der Waals surface area contributed by atoms with Gasteiger partial charge in [-0.15, -0.1) is 0 Å². The number of hydrogen-bond acceptors (Lipinski definition) is 5. The lowest BCUT2D eigenvalue weighted by atomic mass is 9.71. The number of aryl methyl sites for hydroxylation is 2. The van der Waals surface area contributed by atoms with Gasteiger partial charge in [-0.1, -0.05) is 68.3 Å². The van der Waals surface area contributed by atoms with Crippen LogP contribution in [0.1, 0.15) is 62.6 Å². The molecule has 7 heteroatoms. The van der Waals surface area contributed by atoms with Crippen LogP contribution >= 0.6 is 0 Å². The van der Waals surface area contributed by atoms with Crippen LogP contribution in [-0.2, 0) is 9.59 Å². The minimum absolute atomic E-state index is 0.126. The molecule has 0 fully saturated rings. The van der Waals surface area contributed by atoms with E-state index in [1.54, 1.807) is 0 Å². The van der Waals surface area contributed by atoms with Crippen molar-refractivity contribution in [3.63, 3.8) is 0 Å². The Bertz CT molecular complexity index is 1370. The van der Waals surface area contributed by atoms with Crippen LogP contribution in [0.15, 0.2) is 83.0 Å². The van der Waals surface area contributed by atoms with Crippen LogP contribution in [0.3, 0.4) is 0 Å². The third-order valence-corrected chi connectivity index (χ3v) is 7.86. The number of benzene rings is 3. The molecular formula is C34H38N4O3. The Kier molecular flexibility index (Phi) is 8.34. The first-order chi connectivity index (χ1) is 19.9. The molecule has 5 rings (SSSR count). The minimum atomic E-state index is -0.604. The van der Waals surface area contributed by atoms with Crippen molar-refractivity contribution in [2.75, 3.05) is 16.6 Å². The maximum atomic E-state index is 14.3. The molecule has 0 aliphatic carbocycles. The Morgan fingerprint density at radius 3 is 1.51 bits per heavy atom. The maximum absolute atomic E-state index is 14.3. The summed E-state index contributed by atoms with van der Waals surface area (Å²) < 4.78 is 5.84. The zero-order chi connectivity index (χ0) is 29.1. The highest BCUT2D eigenvalue weighted by molar-refractivity contribution is 6.20. The molecule has 0 saturated heterocycles. The molecule has 0 saturated carbocycles. The Labute approximate surface area is 242 Å². The van der Waals surface area contributed by atoms with Gasteiger partial charge < -0.3 is 4.74 Å². The zero-order valence-electron chi connectivity index (χ0n) is 24.5. The van der Waals surface area contributed by atoms with Crippen molar-refractivity contribution in [2.24, 2.45) is 22.0 Å². The number of ether oxygens (including phenoxy) is 1. The van der Waals surface area contributed by atoms with Gasteiger partial charge in [0, 0.05) is 5.92 Å². The molecule has 2 aliphatic heterocycles. The normalized spacial score (nSPS) is 19.4. The molecule has 7 nitrogen and oxygen atoms in total. The molecule has 0 spiro atoms. The van der Waals surface area contributed by atoms with E-state index in [9.17, 15) is 9.59 Å².